The number of aliphatic hydroxyl groups is 10. The van der Waals surface area contributed by atoms with Gasteiger partial charge in [0.15, 0.2) is 18.9 Å². The van der Waals surface area contributed by atoms with Crippen LogP contribution in [0.1, 0.15) is 0 Å². The third-order valence-corrected chi connectivity index (χ3v) is 6.45. The van der Waals surface area contributed by atoms with Gasteiger partial charge >= 0.3 is 0 Å². The first-order valence-electron chi connectivity index (χ1n) is 11.7. The van der Waals surface area contributed by atoms with Gasteiger partial charge in [-0.3, -0.25) is 0 Å². The summed E-state index contributed by atoms with van der Waals surface area (Å²) in [6, 6.07) is 0. The topological polar surface area (TPSA) is 258 Å². The summed E-state index contributed by atoms with van der Waals surface area (Å²) >= 11 is 0. The smallest absolute Gasteiger partial charge is 0.187 e. The molecule has 10 N–H and O–H groups in total. The summed E-state index contributed by atoms with van der Waals surface area (Å²) in [7, 11) is 0. The van der Waals surface area contributed by atoms with Gasteiger partial charge in [0.05, 0.1) is 26.4 Å². The Kier molecular flexibility index (Phi) is 61.1. The summed E-state index contributed by atoms with van der Waals surface area (Å²) in [4.78, 5) is 0. The molecule has 3 saturated heterocycles. The Balaban J connectivity index is -0.000000338. The monoisotopic (exact) mass is 2590 g/mol. The van der Waals surface area contributed by atoms with Crippen molar-refractivity contribution in [1.29, 1.82) is 0 Å². The molecule has 9 radical (unpaired) electrons. The quantitative estimate of drug-likeness (QED) is 0.0914. The predicted octanol–water partition coefficient (Wildman–Crippen LogP) is -6.36. The Morgan fingerprint density at radius 1 is 0.457 bits per heavy atom. The molecule has 3 aliphatic heterocycles. The Morgan fingerprint density at radius 3 is 1.15 bits per heavy atom. The van der Waals surface area contributed by atoms with Crippen LogP contribution in [-0.2, 0) is 28.4 Å². The summed E-state index contributed by atoms with van der Waals surface area (Å²) in [5.41, 5.74) is 0. The van der Waals surface area contributed by atoms with E-state index in [0.717, 1.165) is 0 Å². The first-order valence-corrected chi connectivity index (χ1v) is 11.7. The zero-order valence-electron chi connectivity index (χ0n) is 24.9. The number of rotatable bonds is 10. The van der Waals surface area contributed by atoms with Crippen molar-refractivity contribution in [2.24, 2.45) is 0 Å². The molecule has 0 saturated carbocycles. The summed E-state index contributed by atoms with van der Waals surface area (Å²) in [5.74, 6) is 0. The van der Waals surface area contributed by atoms with Crippen molar-refractivity contribution < 1.29 is 476 Å². The number of aliphatic hydroxyl groups excluding tert-OH is 10. The van der Waals surface area contributed by atoms with Crippen LogP contribution in [0.25, 0.3) is 0 Å². The van der Waals surface area contributed by atoms with E-state index in [4.69, 9.17) is 28.4 Å². The number of hydrogen-bond acceptors (Lipinski definition) is 16. The zero-order valence-corrected chi connectivity index (χ0v) is 67.6. The molecule has 0 spiro atoms. The van der Waals surface area contributed by atoms with Gasteiger partial charge in [-0.1, -0.05) is 6.08 Å². The van der Waals surface area contributed by atoms with Crippen molar-refractivity contribution in [2.75, 3.05) is 26.4 Å². The van der Waals surface area contributed by atoms with Gasteiger partial charge in [-0.15, -0.1) is 6.58 Å². The Morgan fingerprint density at radius 2 is 0.783 bits per heavy atom. The zero-order chi connectivity index (χ0) is 27.4. The van der Waals surface area contributed by atoms with Crippen LogP contribution in [0.2, 0.25) is 0 Å². The summed E-state index contributed by atoms with van der Waals surface area (Å²) in [6.07, 6.45) is -22.7. The Bertz CT molecular complexity index is 741. The van der Waals surface area contributed by atoms with Gasteiger partial charge in [0.25, 0.3) is 0 Å². The molecular weight excluding hydrogens is 2550 g/mol. The minimum absolute atomic E-state index is 0. The largest absolute Gasteiger partial charge is 0.394 e. The van der Waals surface area contributed by atoms with E-state index in [9.17, 15) is 51.1 Å². The van der Waals surface area contributed by atoms with Gasteiger partial charge in [-0.25, -0.2) is 0 Å². The van der Waals surface area contributed by atoms with Crippen molar-refractivity contribution in [2.45, 2.75) is 92.1 Å². The van der Waals surface area contributed by atoms with E-state index in [-0.39, 0.29) is 403 Å². The van der Waals surface area contributed by atoms with Crippen molar-refractivity contribution >= 4 is 0 Å². The van der Waals surface area contributed by atoms with Gasteiger partial charge in [0.2, 0.25) is 0 Å². The van der Waals surface area contributed by atoms with Crippen LogP contribution >= 0.6 is 0 Å². The SMILES string of the molecule is C=CCO[C@@H]1OC(CO)[C@H](O[C@@H]2OC(CO)[C@H](O[C@@H]3OC(CO)[C@H](O)[C@H](O)C3O)[C@H](O)C2O)[C@H](O)C1O.[Ac].[Ac].[Ac].[Ac].[Ac].[Ac].[Ac].[Ac].[Ac]. The molecule has 3 heterocycles. The summed E-state index contributed by atoms with van der Waals surface area (Å²) in [6.45, 7) is 1.20. The van der Waals surface area contributed by atoms with Crippen molar-refractivity contribution in [3.8, 4) is 0 Å². The molecule has 6 unspecified atom stereocenters. The summed E-state index contributed by atoms with van der Waals surface area (Å²) < 4.78 is 32.4. The van der Waals surface area contributed by atoms with Crippen LogP contribution in [0.15, 0.2) is 12.7 Å². The maximum absolute atomic E-state index is 10.7. The third-order valence-electron chi connectivity index (χ3n) is 6.45. The standard InChI is InChI=1S/C21H36O16.9Ac/c1-2-3-32-19-15(30)12(27)17(8(5-23)34-19)37-21-16(31)13(28)18(9(6-24)35-21)36-20-14(29)11(26)10(25)7(4-22)33-20;;;;;;;;;/h2,7-31H,1,3-6H2;;;;;;;;;/t7?,8?,9?,10-,11-,12+,13+,14?,15?,16?,17-,18-,19+,20-,21-;;;;;;;;;/m0........./s1. The molecule has 0 aromatic heterocycles. The second kappa shape index (κ2) is 38.7. The van der Waals surface area contributed by atoms with Crippen LogP contribution in [0.4, 0.5) is 0 Å². The average molecular weight is 2590 g/mol. The van der Waals surface area contributed by atoms with E-state index in [1.165, 1.54) is 6.08 Å². The van der Waals surface area contributed by atoms with Gasteiger partial charge < -0.3 is 79.5 Å². The van der Waals surface area contributed by atoms with E-state index in [0.29, 0.717) is 0 Å². The van der Waals surface area contributed by atoms with Crippen LogP contribution < -0.4 is 0 Å². The summed E-state index contributed by atoms with van der Waals surface area (Å²) in [5, 5.41) is 101. The van der Waals surface area contributed by atoms with Crippen LogP contribution in [0, 0.1) is 397 Å². The van der Waals surface area contributed by atoms with Crippen LogP contribution in [0.5, 0.6) is 0 Å². The molecule has 0 aliphatic carbocycles. The van der Waals surface area contributed by atoms with Crippen LogP contribution in [-0.4, -0.2) is 170 Å². The van der Waals surface area contributed by atoms with E-state index in [2.05, 4.69) is 6.58 Å². The molecule has 46 heavy (non-hydrogen) atoms. The van der Waals surface area contributed by atoms with Crippen molar-refractivity contribution in [3.05, 3.63) is 12.7 Å². The predicted molar refractivity (Wildman–Crippen MR) is 115 cm³/mol. The molecule has 3 aliphatic rings. The second-order valence-corrected chi connectivity index (χ2v) is 8.93. The fourth-order valence-corrected chi connectivity index (χ4v) is 4.34. The molecule has 0 aromatic carbocycles. The van der Waals surface area contributed by atoms with Gasteiger partial charge in [-0.05, 0) is 0 Å². The van der Waals surface area contributed by atoms with Crippen molar-refractivity contribution in [1.82, 2.24) is 0 Å². The molecular formula is C21H36Ac9O16. The minimum atomic E-state index is -1.89. The van der Waals surface area contributed by atoms with Gasteiger partial charge in [0.1, 0.15) is 73.2 Å². The maximum Gasteiger partial charge on any atom is 0.187 e. The molecule has 25 heteroatoms. The fourth-order valence-electron chi connectivity index (χ4n) is 4.34. The van der Waals surface area contributed by atoms with E-state index in [1.54, 1.807) is 0 Å². The Hall–Kier alpha value is 12.1. The minimum Gasteiger partial charge on any atom is -0.394 e. The van der Waals surface area contributed by atoms with E-state index < -0.39 is 112 Å². The molecule has 0 aromatic rings. The average Bonchev–Trinajstić information content (AvgIpc) is 2.90. The fraction of sp³-hybridized carbons (Fsp3) is 0.905. The number of ether oxygens (including phenoxy) is 6. The second-order valence-electron chi connectivity index (χ2n) is 8.93. The Labute approximate surface area is 589 Å². The molecule has 243 valence electrons. The molecule has 3 rings (SSSR count). The van der Waals surface area contributed by atoms with E-state index in [1.807, 2.05) is 0 Å². The number of hydrogen-bond donors (Lipinski definition) is 10. The van der Waals surface area contributed by atoms with Gasteiger partial charge in [0, 0.05) is 397 Å². The molecule has 0 bridgehead atoms. The first kappa shape index (κ1) is 72.5. The van der Waals surface area contributed by atoms with Crippen molar-refractivity contribution in [3.63, 3.8) is 0 Å². The molecule has 0 amide bonds. The third kappa shape index (κ3) is 21.0. The molecule has 15 atom stereocenters. The normalized spacial score (nSPS) is 39.5. The maximum atomic E-state index is 10.7. The first-order chi connectivity index (χ1) is 17.6. The molecule has 3 fully saturated rings. The molecule has 16 nitrogen and oxygen atoms in total. The van der Waals surface area contributed by atoms with Crippen LogP contribution in [0.3, 0.4) is 0 Å². The van der Waals surface area contributed by atoms with E-state index >= 15 is 0 Å². The van der Waals surface area contributed by atoms with Gasteiger partial charge in [-0.2, -0.15) is 0 Å².